The van der Waals surface area contributed by atoms with Gasteiger partial charge in [-0.15, -0.1) is 9.97 Å². The summed E-state index contributed by atoms with van der Waals surface area (Å²) >= 11 is 0. The summed E-state index contributed by atoms with van der Waals surface area (Å²) in [6.45, 7) is 15.7. The molecule has 11 rings (SSSR count). The number of aromatic nitrogens is 3. The van der Waals surface area contributed by atoms with Crippen LogP contribution in [0.15, 0.2) is 127 Å². The number of rotatable bonds is 0. The molecule has 0 bridgehead atoms. The molecule has 2 aromatic heterocycles. The molecule has 1 aliphatic carbocycles. The Morgan fingerprint density at radius 2 is 1.04 bits per heavy atom. The Balaban J connectivity index is 1.50. The summed E-state index contributed by atoms with van der Waals surface area (Å²) in [6, 6.07) is 45.8. The van der Waals surface area contributed by atoms with Crippen molar-refractivity contribution in [1.82, 2.24) is 14.5 Å². The van der Waals surface area contributed by atoms with E-state index < -0.39 is 5.41 Å². The van der Waals surface area contributed by atoms with Gasteiger partial charge in [0, 0.05) is 26.9 Å². The molecule has 0 saturated heterocycles. The van der Waals surface area contributed by atoms with E-state index in [1.165, 1.54) is 44.6 Å². The minimum absolute atomic E-state index is 0.0295. The average Bonchev–Trinajstić information content (AvgIpc) is 3.65. The molecule has 48 heavy (non-hydrogen) atoms. The molecule has 0 unspecified atom stereocenters. The monoisotopic (exact) mass is 607 g/mol. The van der Waals surface area contributed by atoms with Gasteiger partial charge in [0.15, 0.2) is 0 Å². The zero-order chi connectivity index (χ0) is 31.7. The molecule has 0 N–H and O–H groups in total. The summed E-state index contributed by atoms with van der Waals surface area (Å²) in [5.41, 5.74) is 11.6. The zero-order valence-electron chi connectivity index (χ0n) is 25.4. The van der Waals surface area contributed by atoms with Crippen LogP contribution in [-0.4, -0.2) is 14.5 Å². The Morgan fingerprint density at radius 1 is 0.500 bits per heavy atom. The van der Waals surface area contributed by atoms with Crippen molar-refractivity contribution < 1.29 is 0 Å². The van der Waals surface area contributed by atoms with Crippen molar-refractivity contribution in [3.05, 3.63) is 172 Å². The van der Waals surface area contributed by atoms with Gasteiger partial charge < -0.3 is 14.3 Å². The van der Waals surface area contributed by atoms with Crippen LogP contribution in [0.4, 0.5) is 11.6 Å². The molecule has 0 radical (unpaired) electrons. The standard InChI is InChI=1S/C43H21N5/c1-44-41-42(45-2)47-39-29-23-33-40-37(36(29)26-15-3-4-16-27(26)38(39)46-41)28-17-7-11-21-34(28)48(40)35-22-12-10-20-32(35)43(33)30-18-8-5-13-24(30)25-14-6-9-19-31(25)43/h3-23H. The highest BCUT2D eigenvalue weighted by molar-refractivity contribution is 6.35. The lowest BCUT2D eigenvalue weighted by atomic mass is 9.65. The lowest BCUT2D eigenvalue weighted by Gasteiger charge is -2.39. The number of para-hydroxylation sites is 2. The van der Waals surface area contributed by atoms with E-state index >= 15 is 0 Å². The fourth-order valence-electron chi connectivity index (χ4n) is 8.97. The summed E-state index contributed by atoms with van der Waals surface area (Å²) in [5, 5.41) is 6.31. The van der Waals surface area contributed by atoms with Crippen LogP contribution in [0.25, 0.3) is 80.9 Å². The van der Waals surface area contributed by atoms with Gasteiger partial charge in [-0.1, -0.05) is 116 Å². The Labute approximate surface area is 274 Å². The van der Waals surface area contributed by atoms with Crippen molar-refractivity contribution >= 4 is 66.0 Å². The van der Waals surface area contributed by atoms with E-state index in [1.807, 2.05) is 6.07 Å². The molecule has 1 spiro atoms. The number of benzene rings is 7. The van der Waals surface area contributed by atoms with Gasteiger partial charge in [0.05, 0.1) is 22.1 Å². The van der Waals surface area contributed by atoms with E-state index in [1.54, 1.807) is 0 Å². The first-order valence-corrected chi connectivity index (χ1v) is 15.9. The third-order valence-electron chi connectivity index (χ3n) is 10.6. The van der Waals surface area contributed by atoms with Gasteiger partial charge in [-0.05, 0) is 63.0 Å². The van der Waals surface area contributed by atoms with Crippen LogP contribution in [0, 0.1) is 13.1 Å². The molecule has 9 aromatic rings. The van der Waals surface area contributed by atoms with E-state index in [-0.39, 0.29) is 11.6 Å². The van der Waals surface area contributed by atoms with Crippen molar-refractivity contribution in [3.63, 3.8) is 0 Å². The highest BCUT2D eigenvalue weighted by Crippen LogP contribution is 2.62. The molecular weight excluding hydrogens is 587 g/mol. The molecule has 1 aliphatic heterocycles. The van der Waals surface area contributed by atoms with Gasteiger partial charge >= 0.3 is 0 Å². The maximum Gasteiger partial charge on any atom is 0.294 e. The maximum atomic E-state index is 7.91. The van der Waals surface area contributed by atoms with E-state index in [9.17, 15) is 0 Å². The first kappa shape index (κ1) is 25.4. The first-order chi connectivity index (χ1) is 23.8. The second kappa shape index (κ2) is 8.70. The van der Waals surface area contributed by atoms with Crippen LogP contribution in [-0.2, 0) is 5.41 Å². The van der Waals surface area contributed by atoms with Gasteiger partial charge in [0.1, 0.15) is 0 Å². The van der Waals surface area contributed by atoms with Crippen LogP contribution < -0.4 is 0 Å². The Hall–Kier alpha value is -6.82. The fraction of sp³-hybridized carbons (Fsp3) is 0.0233. The second-order valence-electron chi connectivity index (χ2n) is 12.6. The van der Waals surface area contributed by atoms with E-state index in [0.29, 0.717) is 11.0 Å². The topological polar surface area (TPSA) is 39.4 Å². The molecule has 218 valence electrons. The third-order valence-corrected chi connectivity index (χ3v) is 10.6. The average molecular weight is 608 g/mol. The van der Waals surface area contributed by atoms with E-state index in [0.717, 1.165) is 37.8 Å². The molecule has 0 saturated carbocycles. The quantitative estimate of drug-likeness (QED) is 0.127. The molecule has 7 aromatic carbocycles. The predicted molar refractivity (Wildman–Crippen MR) is 192 cm³/mol. The summed E-state index contributed by atoms with van der Waals surface area (Å²) in [5.74, 6) is 0.0620. The zero-order valence-corrected chi connectivity index (χ0v) is 25.4. The Morgan fingerprint density at radius 3 is 1.73 bits per heavy atom. The van der Waals surface area contributed by atoms with Gasteiger partial charge in [0.25, 0.3) is 11.6 Å². The Bertz CT molecular complexity index is 3000. The molecule has 3 heterocycles. The van der Waals surface area contributed by atoms with Crippen molar-refractivity contribution in [3.8, 4) is 16.8 Å². The van der Waals surface area contributed by atoms with Gasteiger partial charge in [0.2, 0.25) is 11.0 Å². The molecule has 5 heteroatoms. The maximum absolute atomic E-state index is 7.91. The van der Waals surface area contributed by atoms with Crippen LogP contribution in [0.5, 0.6) is 0 Å². The predicted octanol–water partition coefficient (Wildman–Crippen LogP) is 10.8. The van der Waals surface area contributed by atoms with Crippen molar-refractivity contribution in [2.75, 3.05) is 0 Å². The van der Waals surface area contributed by atoms with Crippen LogP contribution in [0.1, 0.15) is 22.3 Å². The first-order valence-electron chi connectivity index (χ1n) is 15.9. The van der Waals surface area contributed by atoms with Crippen molar-refractivity contribution in [1.29, 1.82) is 0 Å². The van der Waals surface area contributed by atoms with E-state index in [4.69, 9.17) is 23.1 Å². The number of hydrogen-bond acceptors (Lipinski definition) is 2. The lowest BCUT2D eigenvalue weighted by molar-refractivity contribution is 0.750. The lowest BCUT2D eigenvalue weighted by Crippen LogP contribution is -2.33. The van der Waals surface area contributed by atoms with Crippen LogP contribution in [0.2, 0.25) is 0 Å². The molecule has 0 fully saturated rings. The van der Waals surface area contributed by atoms with E-state index in [2.05, 4.69) is 136 Å². The number of fused-ring (bicyclic) bond motifs is 19. The second-order valence-corrected chi connectivity index (χ2v) is 12.6. The summed E-state index contributed by atoms with van der Waals surface area (Å²) in [6.07, 6.45) is 0. The largest absolute Gasteiger partial charge is 0.370 e. The number of hydrogen-bond donors (Lipinski definition) is 0. The molecule has 2 aliphatic rings. The van der Waals surface area contributed by atoms with Gasteiger partial charge in [-0.25, -0.2) is 0 Å². The third kappa shape index (κ3) is 2.75. The molecule has 0 atom stereocenters. The normalized spacial score (nSPS) is 13.5. The molecule has 5 nitrogen and oxygen atoms in total. The highest BCUT2D eigenvalue weighted by Gasteiger charge is 2.51. The summed E-state index contributed by atoms with van der Waals surface area (Å²) < 4.78 is 2.46. The van der Waals surface area contributed by atoms with Crippen molar-refractivity contribution in [2.45, 2.75) is 5.41 Å². The molecular formula is C43H21N5. The summed E-state index contributed by atoms with van der Waals surface area (Å²) in [4.78, 5) is 17.0. The molecule has 0 amide bonds. The van der Waals surface area contributed by atoms with Gasteiger partial charge in [-0.2, -0.15) is 0 Å². The van der Waals surface area contributed by atoms with Crippen LogP contribution >= 0.6 is 0 Å². The minimum Gasteiger partial charge on any atom is -0.370 e. The smallest absolute Gasteiger partial charge is 0.294 e. The van der Waals surface area contributed by atoms with Gasteiger partial charge in [-0.3, -0.25) is 0 Å². The fourth-order valence-corrected chi connectivity index (χ4v) is 8.97. The van der Waals surface area contributed by atoms with Crippen molar-refractivity contribution in [2.24, 2.45) is 0 Å². The minimum atomic E-state index is -0.606. The highest BCUT2D eigenvalue weighted by atomic mass is 15.0. The van der Waals surface area contributed by atoms with Crippen LogP contribution in [0.3, 0.4) is 0 Å². The number of nitrogens with zero attached hydrogens (tertiary/aromatic N) is 5. The summed E-state index contributed by atoms with van der Waals surface area (Å²) in [7, 11) is 0. The SMILES string of the molecule is [C-]#[N+]c1nc2c3ccccc3c3c(cc4c5c3c3ccccc3n5-c3ccccc3C43c4ccccc4-c4ccccc43)c2nc1[N+]#[C-]. The Kier molecular flexibility index (Phi) is 4.60.